The van der Waals surface area contributed by atoms with E-state index in [4.69, 9.17) is 26.1 Å². The number of hydrogen-bond donors (Lipinski definition) is 2. The number of methoxy groups -OCH3 is 1. The summed E-state index contributed by atoms with van der Waals surface area (Å²) < 4.78 is 39.5. The molecule has 0 radical (unpaired) electrons. The van der Waals surface area contributed by atoms with Crippen molar-refractivity contribution >= 4 is 50.4 Å². The highest BCUT2D eigenvalue weighted by Crippen LogP contribution is 2.35. The molecule has 5 rings (SSSR count). The summed E-state index contributed by atoms with van der Waals surface area (Å²) in [6, 6.07) is 13.9. The zero-order chi connectivity index (χ0) is 33.9. The molecule has 0 unspecified atom stereocenters. The van der Waals surface area contributed by atoms with Gasteiger partial charge in [-0.2, -0.15) is 4.98 Å². The predicted octanol–water partition coefficient (Wildman–Crippen LogP) is 7.31. The number of carbonyl (C=O) groups is 1. The highest BCUT2D eigenvalue weighted by molar-refractivity contribution is 7.92. The van der Waals surface area contributed by atoms with E-state index in [0.717, 1.165) is 54.1 Å². The maximum atomic E-state index is 13.0. The molecule has 1 amide bonds. The largest absolute Gasteiger partial charge is 0.480 e. The van der Waals surface area contributed by atoms with E-state index in [-0.39, 0.29) is 39.8 Å². The number of ether oxygens (including phenoxy) is 2. The number of fused-ring (bicyclic) bond motifs is 1. The van der Waals surface area contributed by atoms with Crippen LogP contribution in [0.4, 0.5) is 16.6 Å². The van der Waals surface area contributed by atoms with Crippen LogP contribution in [0, 0.1) is 0 Å². The number of carbonyl (C=O) groups excluding carboxylic acids is 1. The van der Waals surface area contributed by atoms with Gasteiger partial charge in [-0.05, 0) is 100 Å². The van der Waals surface area contributed by atoms with Crippen molar-refractivity contribution in [3.63, 3.8) is 0 Å². The van der Waals surface area contributed by atoms with Crippen LogP contribution in [0.3, 0.4) is 0 Å². The van der Waals surface area contributed by atoms with E-state index in [1.54, 1.807) is 35.4 Å². The standard InChI is InChI=1S/C34H41ClN6O5S/c1-7-21-18-22(26-16-17-29(38-31(26)45-6)40-47(43,44)28-11-9-8-10-27(28)35)19-23-20-36-32(39-30(21)23)37-24-12-14-25(15-13-24)41(5)33(42)46-34(2,3)4/h8-11,16-20,24-25H,7,12-15H2,1-6H3,(H,38,40)(H,36,37,39). The zero-order valence-electron chi connectivity index (χ0n) is 27.5. The Bertz CT molecular complexity index is 1870. The van der Waals surface area contributed by atoms with Crippen molar-refractivity contribution in [2.45, 2.75) is 82.4 Å². The minimum Gasteiger partial charge on any atom is -0.480 e. The Kier molecular flexibility index (Phi) is 10.1. The van der Waals surface area contributed by atoms with Crippen LogP contribution in [0.2, 0.25) is 5.02 Å². The number of benzene rings is 2. The van der Waals surface area contributed by atoms with Crippen molar-refractivity contribution in [2.75, 3.05) is 24.2 Å². The van der Waals surface area contributed by atoms with Crippen molar-refractivity contribution in [3.05, 3.63) is 65.3 Å². The van der Waals surface area contributed by atoms with Crippen molar-refractivity contribution in [2.24, 2.45) is 0 Å². The normalized spacial score (nSPS) is 16.8. The lowest BCUT2D eigenvalue weighted by molar-refractivity contribution is 0.0185. The summed E-state index contributed by atoms with van der Waals surface area (Å²) in [6.45, 7) is 7.69. The number of rotatable bonds is 9. The SMILES string of the molecule is CCc1cc(-c2ccc(NS(=O)(=O)c3ccccc3Cl)nc2OC)cc2cnc(NC3CCC(N(C)C(=O)OC(C)(C)C)CC3)nc12. The maximum absolute atomic E-state index is 13.0. The summed E-state index contributed by atoms with van der Waals surface area (Å²) >= 11 is 6.12. The molecule has 1 aliphatic rings. The lowest BCUT2D eigenvalue weighted by Crippen LogP contribution is -2.43. The average Bonchev–Trinajstić information content (AvgIpc) is 3.03. The second-order valence-corrected chi connectivity index (χ2v) is 14.7. The molecule has 47 heavy (non-hydrogen) atoms. The summed E-state index contributed by atoms with van der Waals surface area (Å²) in [6.07, 6.45) is 5.74. The highest BCUT2D eigenvalue weighted by Gasteiger charge is 2.29. The van der Waals surface area contributed by atoms with Crippen LogP contribution in [0.1, 0.15) is 58.9 Å². The number of halogens is 1. The minimum atomic E-state index is -3.96. The van der Waals surface area contributed by atoms with Crippen LogP contribution in [0.5, 0.6) is 5.88 Å². The van der Waals surface area contributed by atoms with Gasteiger partial charge in [0.15, 0.2) is 0 Å². The van der Waals surface area contributed by atoms with E-state index >= 15 is 0 Å². The first-order valence-corrected chi connectivity index (χ1v) is 17.5. The molecule has 4 aromatic rings. The van der Waals surface area contributed by atoms with Gasteiger partial charge in [-0.1, -0.05) is 30.7 Å². The van der Waals surface area contributed by atoms with Gasteiger partial charge >= 0.3 is 6.09 Å². The first-order valence-electron chi connectivity index (χ1n) is 15.6. The van der Waals surface area contributed by atoms with E-state index in [0.29, 0.717) is 11.5 Å². The van der Waals surface area contributed by atoms with Gasteiger partial charge in [0.1, 0.15) is 16.3 Å². The van der Waals surface area contributed by atoms with E-state index < -0.39 is 15.6 Å². The second-order valence-electron chi connectivity index (χ2n) is 12.7. The number of anilines is 2. The number of amides is 1. The summed E-state index contributed by atoms with van der Waals surface area (Å²) in [5, 5.41) is 4.48. The Labute approximate surface area is 281 Å². The molecule has 2 N–H and O–H groups in total. The highest BCUT2D eigenvalue weighted by atomic mass is 35.5. The van der Waals surface area contributed by atoms with E-state index in [1.807, 2.05) is 40.0 Å². The fourth-order valence-corrected chi connectivity index (χ4v) is 7.24. The van der Waals surface area contributed by atoms with Crippen LogP contribution in [-0.2, 0) is 21.2 Å². The first-order chi connectivity index (χ1) is 22.3. The van der Waals surface area contributed by atoms with Gasteiger partial charge in [0, 0.05) is 36.3 Å². The first kappa shape index (κ1) is 34.2. The molecular formula is C34H41ClN6O5S. The molecule has 2 aromatic heterocycles. The molecule has 250 valence electrons. The van der Waals surface area contributed by atoms with Gasteiger partial charge in [0.05, 0.1) is 17.6 Å². The Morgan fingerprint density at radius 2 is 1.79 bits per heavy atom. The van der Waals surface area contributed by atoms with E-state index in [2.05, 4.69) is 26.9 Å². The van der Waals surface area contributed by atoms with Crippen LogP contribution in [-0.4, -0.2) is 66.2 Å². The van der Waals surface area contributed by atoms with Crippen molar-refractivity contribution in [3.8, 4) is 17.0 Å². The van der Waals surface area contributed by atoms with E-state index in [9.17, 15) is 13.2 Å². The number of nitrogens with one attached hydrogen (secondary N) is 2. The summed E-state index contributed by atoms with van der Waals surface area (Å²) in [5.74, 6) is 0.933. The van der Waals surface area contributed by atoms with Gasteiger partial charge in [-0.15, -0.1) is 0 Å². The summed E-state index contributed by atoms with van der Waals surface area (Å²) in [7, 11) is -0.662. The quantitative estimate of drug-likeness (QED) is 0.187. The van der Waals surface area contributed by atoms with Crippen molar-refractivity contribution in [1.82, 2.24) is 19.9 Å². The van der Waals surface area contributed by atoms with Gasteiger partial charge < -0.3 is 19.7 Å². The Morgan fingerprint density at radius 1 is 1.06 bits per heavy atom. The molecule has 0 saturated heterocycles. The number of sulfonamides is 1. The Balaban J connectivity index is 1.31. The fourth-order valence-electron chi connectivity index (χ4n) is 5.71. The maximum Gasteiger partial charge on any atom is 0.410 e. The van der Waals surface area contributed by atoms with Gasteiger partial charge in [-0.25, -0.2) is 23.2 Å². The third kappa shape index (κ3) is 8.05. The van der Waals surface area contributed by atoms with Crippen molar-refractivity contribution in [1.29, 1.82) is 0 Å². The van der Waals surface area contributed by atoms with E-state index in [1.165, 1.54) is 19.2 Å². The molecule has 0 aliphatic heterocycles. The molecule has 11 nitrogen and oxygen atoms in total. The monoisotopic (exact) mass is 680 g/mol. The molecular weight excluding hydrogens is 640 g/mol. The molecule has 0 spiro atoms. The zero-order valence-corrected chi connectivity index (χ0v) is 29.1. The summed E-state index contributed by atoms with van der Waals surface area (Å²) in [4.78, 5) is 28.1. The second kappa shape index (κ2) is 13.9. The number of aryl methyl sites for hydroxylation is 1. The number of nitrogens with zero attached hydrogens (tertiary/aromatic N) is 4. The lowest BCUT2D eigenvalue weighted by atomic mass is 9.90. The molecule has 1 saturated carbocycles. The molecule has 13 heteroatoms. The number of pyridine rings is 1. The number of hydrogen-bond acceptors (Lipinski definition) is 9. The summed E-state index contributed by atoms with van der Waals surface area (Å²) in [5.41, 5.74) is 2.89. The van der Waals surface area contributed by atoms with Gasteiger partial charge in [0.25, 0.3) is 10.0 Å². The van der Waals surface area contributed by atoms with Crippen LogP contribution in [0.15, 0.2) is 59.6 Å². The molecule has 2 aromatic carbocycles. The topological polar surface area (TPSA) is 136 Å². The molecule has 1 aliphatic carbocycles. The number of aromatic nitrogens is 3. The molecule has 0 bridgehead atoms. The molecule has 0 atom stereocenters. The fraction of sp³-hybridized carbons (Fsp3) is 0.412. The van der Waals surface area contributed by atoms with Crippen molar-refractivity contribution < 1.29 is 22.7 Å². The Morgan fingerprint density at radius 3 is 2.45 bits per heavy atom. The third-order valence-corrected chi connectivity index (χ3v) is 9.99. The van der Waals surface area contributed by atoms with Crippen LogP contribution >= 0.6 is 11.6 Å². The predicted molar refractivity (Wildman–Crippen MR) is 185 cm³/mol. The average molecular weight is 681 g/mol. The molecule has 1 fully saturated rings. The van der Waals surface area contributed by atoms with Crippen LogP contribution < -0.4 is 14.8 Å². The van der Waals surface area contributed by atoms with Gasteiger partial charge in [0.2, 0.25) is 11.8 Å². The lowest BCUT2D eigenvalue weighted by Gasteiger charge is -2.35. The van der Waals surface area contributed by atoms with Gasteiger partial charge in [-0.3, -0.25) is 4.72 Å². The van der Waals surface area contributed by atoms with Crippen LogP contribution in [0.25, 0.3) is 22.0 Å². The third-order valence-electron chi connectivity index (χ3n) is 8.13. The smallest absolute Gasteiger partial charge is 0.410 e. The Hall–Kier alpha value is -4.16. The minimum absolute atomic E-state index is 0.0408. The molecule has 2 heterocycles.